The third-order valence-electron chi connectivity index (χ3n) is 7.87. The number of ether oxygens (including phenoxy) is 2. The Hall–Kier alpha value is -3.16. The van der Waals surface area contributed by atoms with Crippen molar-refractivity contribution < 1.29 is 28.7 Å². The lowest BCUT2D eigenvalue weighted by Crippen LogP contribution is -2.71. The summed E-state index contributed by atoms with van der Waals surface area (Å²) in [4.78, 5) is 24.3. The van der Waals surface area contributed by atoms with Crippen LogP contribution >= 0.6 is 0 Å². The maximum atomic E-state index is 12.7. The van der Waals surface area contributed by atoms with E-state index in [1.54, 1.807) is 6.07 Å². The second-order valence-electron chi connectivity index (χ2n) is 10.6. The zero-order valence-electron chi connectivity index (χ0n) is 21.2. The van der Waals surface area contributed by atoms with Gasteiger partial charge < -0.3 is 24.4 Å². The van der Waals surface area contributed by atoms with Gasteiger partial charge in [-0.25, -0.2) is 4.79 Å². The summed E-state index contributed by atoms with van der Waals surface area (Å²) in [5, 5.41) is 15.3. The van der Waals surface area contributed by atoms with E-state index in [9.17, 15) is 14.7 Å². The van der Waals surface area contributed by atoms with Gasteiger partial charge in [0.1, 0.15) is 24.5 Å². The fraction of sp³-hybridized carbons (Fsp3) is 0.448. The molecule has 4 atom stereocenters. The average Bonchev–Trinajstić information content (AvgIpc) is 2.83. The van der Waals surface area contributed by atoms with Gasteiger partial charge in [0, 0.05) is 24.8 Å². The van der Waals surface area contributed by atoms with E-state index in [4.69, 9.17) is 9.47 Å². The van der Waals surface area contributed by atoms with Gasteiger partial charge in [-0.3, -0.25) is 4.79 Å². The van der Waals surface area contributed by atoms with E-state index in [-0.39, 0.29) is 18.6 Å². The molecule has 0 spiro atoms. The monoisotopic (exact) mass is 493 g/mol. The molecular formula is C29H37N2O5+. The second-order valence-corrected chi connectivity index (χ2v) is 10.6. The lowest BCUT2D eigenvalue weighted by atomic mass is 9.55. The molecule has 7 nitrogen and oxygen atoms in total. The van der Waals surface area contributed by atoms with Gasteiger partial charge >= 0.3 is 12.1 Å². The number of rotatable bonds is 7. The zero-order valence-corrected chi connectivity index (χ0v) is 21.2. The number of piperidine rings is 1. The molecule has 1 saturated heterocycles. The molecule has 4 rings (SSSR count). The molecule has 2 aromatic rings. The van der Waals surface area contributed by atoms with Crippen LogP contribution in [0.2, 0.25) is 0 Å². The van der Waals surface area contributed by atoms with Crippen molar-refractivity contribution in [1.29, 1.82) is 0 Å². The van der Waals surface area contributed by atoms with Gasteiger partial charge in [-0.05, 0) is 48.6 Å². The molecule has 36 heavy (non-hydrogen) atoms. The van der Waals surface area contributed by atoms with Gasteiger partial charge in [-0.15, -0.1) is 0 Å². The molecule has 1 unspecified atom stereocenters. The maximum absolute atomic E-state index is 12.7. The summed E-state index contributed by atoms with van der Waals surface area (Å²) in [7, 11) is 2.16. The summed E-state index contributed by atoms with van der Waals surface area (Å²) in [5.74, 6) is 0.0751. The average molecular weight is 494 g/mol. The number of aliphatic hydroxyl groups is 1. The van der Waals surface area contributed by atoms with Crippen LogP contribution in [-0.4, -0.2) is 60.0 Å². The quantitative estimate of drug-likeness (QED) is 0.263. The van der Waals surface area contributed by atoms with Crippen LogP contribution in [0.15, 0.2) is 67.3 Å². The first-order chi connectivity index (χ1) is 17.2. The highest BCUT2D eigenvalue weighted by Gasteiger charge is 2.61. The largest absolute Gasteiger partial charge is 0.445 e. The highest BCUT2D eigenvalue weighted by molar-refractivity contribution is 5.69. The maximum Gasteiger partial charge on any atom is 0.407 e. The first-order valence-corrected chi connectivity index (χ1v) is 12.6. The van der Waals surface area contributed by atoms with Gasteiger partial charge in [-0.2, -0.15) is 0 Å². The van der Waals surface area contributed by atoms with Gasteiger partial charge in [0.2, 0.25) is 0 Å². The highest BCUT2D eigenvalue weighted by Crippen LogP contribution is 2.53. The van der Waals surface area contributed by atoms with Crippen molar-refractivity contribution in [3.63, 3.8) is 0 Å². The SMILES string of the molecule is C=CC[N@@+]1(C)CC[C@@]2(c3cccc(OC(C)=O)c3)C[C@@H](NC(=O)OCc3ccccc3)CCC2(O)C1. The van der Waals surface area contributed by atoms with Crippen LogP contribution in [0.1, 0.15) is 43.7 Å². The number of fused-ring (bicyclic) bond motifs is 1. The number of carbonyl (C=O) groups is 2. The van der Waals surface area contributed by atoms with E-state index in [0.717, 1.165) is 30.6 Å². The highest BCUT2D eigenvalue weighted by atomic mass is 16.5. The Morgan fingerprint density at radius 3 is 2.69 bits per heavy atom. The summed E-state index contributed by atoms with van der Waals surface area (Å²) in [6.07, 6.45) is 3.95. The Morgan fingerprint density at radius 1 is 1.19 bits per heavy atom. The van der Waals surface area contributed by atoms with Crippen LogP contribution in [-0.2, 0) is 21.6 Å². The van der Waals surface area contributed by atoms with Crippen molar-refractivity contribution in [2.75, 3.05) is 26.7 Å². The summed E-state index contributed by atoms with van der Waals surface area (Å²) in [5.41, 5.74) is 0.274. The lowest BCUT2D eigenvalue weighted by Gasteiger charge is -2.59. The van der Waals surface area contributed by atoms with Crippen molar-refractivity contribution in [3.05, 3.63) is 78.4 Å². The fourth-order valence-electron chi connectivity index (χ4n) is 6.18. The number of likely N-dealkylation sites (tertiary alicyclic amines) is 1. The van der Waals surface area contributed by atoms with Crippen LogP contribution in [0.25, 0.3) is 0 Å². The van der Waals surface area contributed by atoms with Crippen molar-refractivity contribution in [2.24, 2.45) is 0 Å². The van der Waals surface area contributed by atoms with E-state index >= 15 is 0 Å². The van der Waals surface area contributed by atoms with E-state index < -0.39 is 17.1 Å². The Bertz CT molecular complexity index is 1110. The zero-order chi connectivity index (χ0) is 25.8. The van der Waals surface area contributed by atoms with Crippen LogP contribution in [0.4, 0.5) is 4.79 Å². The molecule has 2 N–H and O–H groups in total. The predicted molar refractivity (Wildman–Crippen MR) is 137 cm³/mol. The van der Waals surface area contributed by atoms with Gasteiger partial charge in [-0.1, -0.05) is 49.0 Å². The van der Waals surface area contributed by atoms with Gasteiger partial charge in [0.25, 0.3) is 0 Å². The van der Waals surface area contributed by atoms with Crippen LogP contribution in [0.3, 0.4) is 0 Å². The molecule has 1 saturated carbocycles. The summed E-state index contributed by atoms with van der Waals surface area (Å²) in [6, 6.07) is 16.9. The topological polar surface area (TPSA) is 84.9 Å². The summed E-state index contributed by atoms with van der Waals surface area (Å²) < 4.78 is 11.6. The molecule has 1 aliphatic carbocycles. The minimum absolute atomic E-state index is 0.151. The smallest absolute Gasteiger partial charge is 0.407 e. The molecular weight excluding hydrogens is 456 g/mol. The molecule has 2 fully saturated rings. The van der Waals surface area contributed by atoms with E-state index in [1.807, 2.05) is 54.6 Å². The number of nitrogens with zero attached hydrogens (tertiary/aromatic N) is 1. The Kier molecular flexibility index (Phi) is 7.52. The third-order valence-corrected chi connectivity index (χ3v) is 7.87. The second kappa shape index (κ2) is 10.4. The number of likely N-dealkylation sites (N-methyl/N-ethyl adjacent to an activating group) is 1. The third kappa shape index (κ3) is 5.47. The molecule has 1 heterocycles. The van der Waals surface area contributed by atoms with Crippen LogP contribution in [0.5, 0.6) is 5.75 Å². The number of hydrogen-bond donors (Lipinski definition) is 2. The number of esters is 1. The predicted octanol–water partition coefficient (Wildman–Crippen LogP) is 4.10. The number of nitrogens with one attached hydrogen (secondary N) is 1. The first-order valence-electron chi connectivity index (χ1n) is 12.6. The van der Waals surface area contributed by atoms with E-state index in [0.29, 0.717) is 36.0 Å². The lowest BCUT2D eigenvalue weighted by molar-refractivity contribution is -0.918. The van der Waals surface area contributed by atoms with E-state index in [2.05, 4.69) is 18.9 Å². The Balaban J connectivity index is 1.58. The number of benzene rings is 2. The Labute approximate surface area is 213 Å². The first kappa shape index (κ1) is 25.9. The molecule has 2 aromatic carbocycles. The van der Waals surface area contributed by atoms with Gasteiger partial charge in [0.15, 0.2) is 0 Å². The number of alkyl carbamates (subject to hydrolysis) is 1. The number of carbonyl (C=O) groups excluding carboxylic acids is 2. The molecule has 1 amide bonds. The minimum Gasteiger partial charge on any atom is -0.445 e. The van der Waals surface area contributed by atoms with Crippen LogP contribution in [0, 0.1) is 0 Å². The van der Waals surface area contributed by atoms with Crippen molar-refractivity contribution in [1.82, 2.24) is 5.32 Å². The molecule has 7 heteroatoms. The molecule has 1 aliphatic heterocycles. The van der Waals surface area contributed by atoms with E-state index in [1.165, 1.54) is 6.92 Å². The van der Waals surface area contributed by atoms with Gasteiger partial charge in [0.05, 0.1) is 20.1 Å². The summed E-state index contributed by atoms with van der Waals surface area (Å²) >= 11 is 0. The van der Waals surface area contributed by atoms with Crippen LogP contribution < -0.4 is 10.1 Å². The molecule has 0 bridgehead atoms. The Morgan fingerprint density at radius 2 is 1.97 bits per heavy atom. The number of amides is 1. The number of hydrogen-bond acceptors (Lipinski definition) is 5. The van der Waals surface area contributed by atoms with Crippen molar-refractivity contribution in [2.45, 2.75) is 56.3 Å². The summed E-state index contributed by atoms with van der Waals surface area (Å²) in [6.45, 7) is 7.72. The minimum atomic E-state index is -0.982. The normalized spacial score (nSPS) is 29.5. The molecule has 192 valence electrons. The van der Waals surface area contributed by atoms with Crippen molar-refractivity contribution >= 4 is 12.1 Å². The molecule has 2 aliphatic rings. The van der Waals surface area contributed by atoms with Crippen molar-refractivity contribution in [3.8, 4) is 5.75 Å². The number of quaternary nitrogens is 1. The molecule has 0 radical (unpaired) electrons. The fourth-order valence-corrected chi connectivity index (χ4v) is 6.18. The standard InChI is InChI=1S/C29H36N2O5/c1-4-16-31(3)17-15-28(24-11-8-12-26(18-24)36-22(2)32)19-25(13-14-29(28,34)21-31)30-27(33)35-20-23-9-6-5-7-10-23/h4-12,18,25,34H,1,13-17,19-21H2,2-3H3/p+1/t25-,28-,29?,31-/m0/s1. The molecule has 0 aromatic heterocycles.